The number of benzene rings is 3. The molecule has 178 valence electrons. The van der Waals surface area contributed by atoms with Gasteiger partial charge in [0.2, 0.25) is 0 Å². The highest BCUT2D eigenvalue weighted by atomic mass is 19.1. The molecule has 6 rings (SSSR count). The number of hydrogen-bond acceptors (Lipinski definition) is 2. The summed E-state index contributed by atoms with van der Waals surface area (Å²) < 4.78 is 15.9. The summed E-state index contributed by atoms with van der Waals surface area (Å²) in [5, 5.41) is 3.54. The molecular weight excluding hydrogens is 439 g/mol. The second kappa shape index (κ2) is 7.87. The van der Waals surface area contributed by atoms with Crippen molar-refractivity contribution in [2.24, 2.45) is 5.73 Å². The molecule has 2 amide bonds. The molecule has 0 bridgehead atoms. The van der Waals surface area contributed by atoms with Gasteiger partial charge in [0.1, 0.15) is 0 Å². The van der Waals surface area contributed by atoms with Gasteiger partial charge in [-0.15, -0.1) is 0 Å². The number of carbonyl (C=O) groups excluding carboxylic acids is 1. The molecule has 0 radical (unpaired) electrons. The Morgan fingerprint density at radius 3 is 2.43 bits per heavy atom. The molecule has 2 heterocycles. The number of rotatable bonds is 3. The Hall–Kier alpha value is -3.80. The number of fused-ring (bicyclic) bond motifs is 5. The zero-order chi connectivity index (χ0) is 24.3. The van der Waals surface area contributed by atoms with E-state index in [-0.39, 0.29) is 11.2 Å². The summed E-state index contributed by atoms with van der Waals surface area (Å²) in [4.78, 5) is 17.1. The molecule has 35 heavy (non-hydrogen) atoms. The number of urea groups is 1. The number of amides is 2. The first-order valence-corrected chi connectivity index (χ1v) is 12.3. The molecule has 1 fully saturated rings. The molecule has 1 saturated heterocycles. The van der Waals surface area contributed by atoms with E-state index in [1.54, 1.807) is 0 Å². The highest BCUT2D eigenvalue weighted by molar-refractivity contribution is 5.99. The van der Waals surface area contributed by atoms with Gasteiger partial charge in [0.25, 0.3) is 0 Å². The summed E-state index contributed by atoms with van der Waals surface area (Å²) >= 11 is 0. The summed E-state index contributed by atoms with van der Waals surface area (Å²) in [6, 6.07) is 17.3. The maximum atomic E-state index is 15.9. The van der Waals surface area contributed by atoms with Gasteiger partial charge in [-0.2, -0.15) is 0 Å². The van der Waals surface area contributed by atoms with Crippen LogP contribution in [0.3, 0.4) is 0 Å². The van der Waals surface area contributed by atoms with Crippen LogP contribution >= 0.6 is 0 Å². The van der Waals surface area contributed by atoms with E-state index < -0.39 is 6.03 Å². The highest BCUT2D eigenvalue weighted by Gasteiger charge is 2.39. The van der Waals surface area contributed by atoms with Crippen molar-refractivity contribution >= 4 is 28.3 Å². The lowest BCUT2D eigenvalue weighted by Crippen LogP contribution is -2.29. The summed E-state index contributed by atoms with van der Waals surface area (Å²) in [6.07, 6.45) is 3.76. The third-order valence-electron chi connectivity index (χ3n) is 7.67. The van der Waals surface area contributed by atoms with E-state index in [1.807, 2.05) is 42.5 Å². The van der Waals surface area contributed by atoms with Crippen LogP contribution in [0, 0.1) is 5.82 Å². The number of carbonyl (C=O) groups is 1. The van der Waals surface area contributed by atoms with Crippen molar-refractivity contribution in [3.8, 4) is 22.4 Å². The standard InChI is InChI=1S/C29H29FN4O/c1-29(2)23-16-18(32-28(31)35)8-11-21(23)26-24(29)22-13-12-20(25(30)27(22)33-26)17-6-9-19(10-7-17)34-14-4-3-5-15-34/h6-13,16,33H,3-5,14-15H2,1-2H3,(H3,31,32,35). The van der Waals surface area contributed by atoms with Gasteiger partial charge in [-0.1, -0.05) is 44.2 Å². The molecule has 0 unspecified atom stereocenters. The summed E-state index contributed by atoms with van der Waals surface area (Å²) in [6.45, 7) is 6.43. The predicted octanol–water partition coefficient (Wildman–Crippen LogP) is 6.76. The molecule has 0 saturated carbocycles. The van der Waals surface area contributed by atoms with Gasteiger partial charge in [-0.05, 0) is 60.2 Å². The smallest absolute Gasteiger partial charge is 0.316 e. The van der Waals surface area contributed by atoms with Crippen LogP contribution in [0.15, 0.2) is 54.6 Å². The Bertz CT molecular complexity index is 1460. The Morgan fingerprint density at radius 2 is 1.71 bits per heavy atom. The number of halogens is 1. The van der Waals surface area contributed by atoms with Crippen LogP contribution < -0.4 is 16.0 Å². The summed E-state index contributed by atoms with van der Waals surface area (Å²) in [5.74, 6) is -0.230. The number of nitrogens with one attached hydrogen (secondary N) is 2. The van der Waals surface area contributed by atoms with Gasteiger partial charge >= 0.3 is 6.03 Å². The number of piperidine rings is 1. The molecule has 6 heteroatoms. The maximum absolute atomic E-state index is 15.9. The maximum Gasteiger partial charge on any atom is 0.316 e. The quantitative estimate of drug-likeness (QED) is 0.311. The van der Waals surface area contributed by atoms with Crippen LogP contribution in [0.5, 0.6) is 0 Å². The molecule has 0 spiro atoms. The van der Waals surface area contributed by atoms with Gasteiger partial charge in [-0.25, -0.2) is 9.18 Å². The Balaban J connectivity index is 1.41. The number of H-pyrrole nitrogens is 1. The van der Waals surface area contributed by atoms with Crippen LogP contribution in [-0.2, 0) is 5.41 Å². The number of nitrogens with two attached hydrogens (primary N) is 1. The van der Waals surface area contributed by atoms with E-state index >= 15 is 4.39 Å². The number of aromatic amines is 1. The number of nitrogens with zero attached hydrogens (tertiary/aromatic N) is 1. The predicted molar refractivity (Wildman–Crippen MR) is 141 cm³/mol. The molecule has 1 aliphatic heterocycles. The van der Waals surface area contributed by atoms with Crippen molar-refractivity contribution in [1.82, 2.24) is 4.98 Å². The first-order chi connectivity index (χ1) is 16.8. The van der Waals surface area contributed by atoms with Crippen molar-refractivity contribution in [3.05, 3.63) is 71.5 Å². The molecule has 4 aromatic rings. The second-order valence-electron chi connectivity index (χ2n) is 10.2. The zero-order valence-electron chi connectivity index (χ0n) is 20.0. The Morgan fingerprint density at radius 1 is 1.00 bits per heavy atom. The molecule has 3 aromatic carbocycles. The van der Waals surface area contributed by atoms with Gasteiger partial charge in [0.15, 0.2) is 5.82 Å². The van der Waals surface area contributed by atoms with Crippen molar-refractivity contribution < 1.29 is 9.18 Å². The van der Waals surface area contributed by atoms with E-state index in [1.165, 1.54) is 24.9 Å². The van der Waals surface area contributed by atoms with Crippen molar-refractivity contribution in [1.29, 1.82) is 0 Å². The number of aromatic nitrogens is 1. The van der Waals surface area contributed by atoms with E-state index in [4.69, 9.17) is 5.73 Å². The molecule has 4 N–H and O–H groups in total. The van der Waals surface area contributed by atoms with E-state index in [9.17, 15) is 4.79 Å². The Labute approximate surface area is 204 Å². The first-order valence-electron chi connectivity index (χ1n) is 12.3. The van der Waals surface area contributed by atoms with Crippen LogP contribution in [0.2, 0.25) is 0 Å². The molecular formula is C29H29FN4O. The van der Waals surface area contributed by atoms with Crippen LogP contribution in [-0.4, -0.2) is 24.1 Å². The van der Waals surface area contributed by atoms with Crippen LogP contribution in [0.25, 0.3) is 33.3 Å². The van der Waals surface area contributed by atoms with Crippen LogP contribution in [0.1, 0.15) is 44.2 Å². The van der Waals surface area contributed by atoms with Crippen molar-refractivity contribution in [3.63, 3.8) is 0 Å². The average molecular weight is 469 g/mol. The lowest BCUT2D eigenvalue weighted by Gasteiger charge is -2.28. The third kappa shape index (κ3) is 3.39. The van der Waals surface area contributed by atoms with Gasteiger partial charge in [0.05, 0.1) is 11.2 Å². The minimum Gasteiger partial charge on any atom is -0.372 e. The highest BCUT2D eigenvalue weighted by Crippen LogP contribution is 2.52. The first kappa shape index (κ1) is 21.7. The second-order valence-corrected chi connectivity index (χ2v) is 10.2. The average Bonchev–Trinajstić information content (AvgIpc) is 3.35. The lowest BCUT2D eigenvalue weighted by atomic mass is 9.81. The minimum atomic E-state index is -0.594. The minimum absolute atomic E-state index is 0.230. The summed E-state index contributed by atoms with van der Waals surface area (Å²) in [5.41, 5.74) is 12.9. The van der Waals surface area contributed by atoms with E-state index in [0.717, 1.165) is 46.4 Å². The van der Waals surface area contributed by atoms with Crippen molar-refractivity contribution in [2.75, 3.05) is 23.3 Å². The Kier molecular flexibility index (Phi) is 4.88. The fourth-order valence-corrected chi connectivity index (χ4v) is 5.94. The molecule has 1 aliphatic carbocycles. The van der Waals surface area contributed by atoms with E-state index in [2.05, 4.69) is 41.2 Å². The number of primary amides is 1. The fraction of sp³-hybridized carbons (Fsp3) is 0.276. The topological polar surface area (TPSA) is 74.1 Å². The SMILES string of the molecule is CC1(C)c2cc(NC(N)=O)ccc2-c2[nH]c3c(F)c(-c4ccc(N5CCCCC5)cc4)ccc3c21. The lowest BCUT2D eigenvalue weighted by molar-refractivity contribution is 0.259. The van der Waals surface area contributed by atoms with Crippen molar-refractivity contribution in [2.45, 2.75) is 38.5 Å². The zero-order valence-corrected chi connectivity index (χ0v) is 20.0. The number of hydrogen-bond donors (Lipinski definition) is 3. The van der Waals surface area contributed by atoms with Crippen LogP contribution in [0.4, 0.5) is 20.6 Å². The third-order valence-corrected chi connectivity index (χ3v) is 7.67. The van der Waals surface area contributed by atoms with Gasteiger partial charge in [-0.3, -0.25) is 0 Å². The normalized spacial score (nSPS) is 16.3. The van der Waals surface area contributed by atoms with Gasteiger partial charge in [0, 0.05) is 46.4 Å². The molecule has 1 aromatic heterocycles. The number of anilines is 2. The summed E-state index contributed by atoms with van der Waals surface area (Å²) in [7, 11) is 0. The largest absolute Gasteiger partial charge is 0.372 e. The fourth-order valence-electron chi connectivity index (χ4n) is 5.94. The molecule has 5 nitrogen and oxygen atoms in total. The monoisotopic (exact) mass is 468 g/mol. The molecule has 2 aliphatic rings. The van der Waals surface area contributed by atoms with Gasteiger partial charge < -0.3 is 20.9 Å². The van der Waals surface area contributed by atoms with E-state index in [0.29, 0.717) is 16.8 Å². The molecule has 0 atom stereocenters.